The van der Waals surface area contributed by atoms with Crippen LogP contribution in [0.3, 0.4) is 0 Å². The summed E-state index contributed by atoms with van der Waals surface area (Å²) in [4.78, 5) is 4.08. The maximum Gasteiger partial charge on any atom is 0.264 e. The van der Waals surface area contributed by atoms with Crippen molar-refractivity contribution in [2.24, 2.45) is 0 Å². The van der Waals surface area contributed by atoms with Gasteiger partial charge in [-0.05, 0) is 12.1 Å². The van der Waals surface area contributed by atoms with Crippen molar-refractivity contribution in [3.63, 3.8) is 0 Å². The summed E-state index contributed by atoms with van der Waals surface area (Å²) in [7, 11) is -3.77. The molecule has 2 aromatic rings. The summed E-state index contributed by atoms with van der Waals surface area (Å²) < 4.78 is 37.6. The second kappa shape index (κ2) is 5.24. The Morgan fingerprint density at radius 1 is 1.29 bits per heavy atom. The average molecular weight is 310 g/mol. The minimum atomic E-state index is -3.77. The Bertz CT molecular complexity index is 756. The van der Waals surface area contributed by atoms with Crippen molar-refractivity contribution < 1.29 is 17.9 Å². The molecular formula is C12H14N4O4S. The highest BCUT2D eigenvalue weighted by Gasteiger charge is 2.20. The van der Waals surface area contributed by atoms with Crippen LogP contribution in [0.25, 0.3) is 0 Å². The maximum atomic E-state index is 12.3. The van der Waals surface area contributed by atoms with Gasteiger partial charge in [0, 0.05) is 12.5 Å². The van der Waals surface area contributed by atoms with Crippen LogP contribution in [0.1, 0.15) is 12.7 Å². The molecule has 2 heterocycles. The van der Waals surface area contributed by atoms with Gasteiger partial charge in [-0.25, -0.2) is 13.1 Å². The van der Waals surface area contributed by atoms with E-state index in [9.17, 15) is 8.42 Å². The number of benzene rings is 1. The molecule has 1 aromatic carbocycles. The SMILES string of the molecule is CCc1nc(NS(=O)(=O)c2ccc3c(c2)OCCO3)n[nH]1. The summed E-state index contributed by atoms with van der Waals surface area (Å²) in [6.07, 6.45) is 0.638. The highest BCUT2D eigenvalue weighted by Crippen LogP contribution is 2.32. The normalized spacial score (nSPS) is 14.0. The number of sulfonamides is 1. The second-order valence-corrected chi connectivity index (χ2v) is 6.05. The molecule has 0 saturated heterocycles. The highest BCUT2D eigenvalue weighted by molar-refractivity contribution is 7.92. The molecule has 0 aliphatic carbocycles. The van der Waals surface area contributed by atoms with E-state index in [-0.39, 0.29) is 10.8 Å². The fourth-order valence-corrected chi connectivity index (χ4v) is 2.83. The second-order valence-electron chi connectivity index (χ2n) is 4.37. The first-order valence-electron chi connectivity index (χ1n) is 6.42. The van der Waals surface area contributed by atoms with Gasteiger partial charge in [0.05, 0.1) is 4.90 Å². The lowest BCUT2D eigenvalue weighted by Gasteiger charge is -2.18. The molecule has 0 unspecified atom stereocenters. The number of nitrogens with zero attached hydrogens (tertiary/aromatic N) is 2. The Kier molecular flexibility index (Phi) is 3.42. The Hall–Kier alpha value is -2.29. The van der Waals surface area contributed by atoms with Crippen molar-refractivity contribution in [2.75, 3.05) is 17.9 Å². The number of aryl methyl sites for hydroxylation is 1. The summed E-state index contributed by atoms with van der Waals surface area (Å²) in [5.74, 6) is 1.57. The van der Waals surface area contributed by atoms with E-state index in [1.807, 2.05) is 6.92 Å². The van der Waals surface area contributed by atoms with Crippen LogP contribution >= 0.6 is 0 Å². The van der Waals surface area contributed by atoms with Crippen molar-refractivity contribution in [2.45, 2.75) is 18.2 Å². The van der Waals surface area contributed by atoms with Crippen molar-refractivity contribution in [3.05, 3.63) is 24.0 Å². The number of rotatable bonds is 4. The van der Waals surface area contributed by atoms with Crippen molar-refractivity contribution in [3.8, 4) is 11.5 Å². The summed E-state index contributed by atoms with van der Waals surface area (Å²) in [5, 5.41) is 6.45. The molecule has 0 spiro atoms. The first-order valence-corrected chi connectivity index (χ1v) is 7.90. The first-order chi connectivity index (χ1) is 10.1. The Morgan fingerprint density at radius 3 is 2.76 bits per heavy atom. The zero-order valence-electron chi connectivity index (χ0n) is 11.3. The molecule has 9 heteroatoms. The molecule has 0 radical (unpaired) electrons. The van der Waals surface area contributed by atoms with E-state index < -0.39 is 10.0 Å². The Morgan fingerprint density at radius 2 is 2.05 bits per heavy atom. The molecule has 0 saturated carbocycles. The van der Waals surface area contributed by atoms with Gasteiger partial charge >= 0.3 is 0 Å². The standard InChI is InChI=1S/C12H14N4O4S/c1-2-11-13-12(15-14-11)16-21(17,18)8-3-4-9-10(7-8)20-6-5-19-9/h3-4,7H,2,5-6H2,1H3,(H2,13,14,15,16). The molecule has 21 heavy (non-hydrogen) atoms. The van der Waals surface area contributed by atoms with Gasteiger partial charge in [-0.15, -0.1) is 5.10 Å². The van der Waals surface area contributed by atoms with Crippen LogP contribution in [0, 0.1) is 0 Å². The minimum absolute atomic E-state index is 0.0155. The maximum absolute atomic E-state index is 12.3. The summed E-state index contributed by atoms with van der Waals surface area (Å²) in [6.45, 7) is 2.73. The number of H-pyrrole nitrogens is 1. The van der Waals surface area contributed by atoms with Gasteiger partial charge in [0.25, 0.3) is 16.0 Å². The van der Waals surface area contributed by atoms with Crippen molar-refractivity contribution in [1.29, 1.82) is 0 Å². The molecule has 1 aromatic heterocycles. The average Bonchev–Trinajstić information content (AvgIpc) is 2.93. The topological polar surface area (TPSA) is 106 Å². The van der Waals surface area contributed by atoms with E-state index in [0.717, 1.165) is 0 Å². The van der Waals surface area contributed by atoms with Crippen LogP contribution in [-0.4, -0.2) is 36.8 Å². The van der Waals surface area contributed by atoms with Crippen LogP contribution < -0.4 is 14.2 Å². The van der Waals surface area contributed by atoms with Crippen LogP contribution in [0.4, 0.5) is 5.95 Å². The Labute approximate surface area is 121 Å². The van der Waals surface area contributed by atoms with Crippen molar-refractivity contribution >= 4 is 16.0 Å². The van der Waals surface area contributed by atoms with Crippen LogP contribution in [0.2, 0.25) is 0 Å². The molecule has 0 atom stereocenters. The molecule has 112 valence electrons. The van der Waals surface area contributed by atoms with Crippen LogP contribution in [0.5, 0.6) is 11.5 Å². The summed E-state index contributed by atoms with van der Waals surface area (Å²) >= 11 is 0. The van der Waals surface area contributed by atoms with Crippen LogP contribution in [0.15, 0.2) is 23.1 Å². The molecule has 2 N–H and O–H groups in total. The van der Waals surface area contributed by atoms with Gasteiger partial charge < -0.3 is 9.47 Å². The fourth-order valence-electron chi connectivity index (χ4n) is 1.87. The van der Waals surface area contributed by atoms with Gasteiger partial charge in [0.15, 0.2) is 11.5 Å². The number of fused-ring (bicyclic) bond motifs is 1. The fraction of sp³-hybridized carbons (Fsp3) is 0.333. The number of ether oxygens (including phenoxy) is 2. The van der Waals surface area contributed by atoms with Gasteiger partial charge in [0.2, 0.25) is 0 Å². The zero-order valence-corrected chi connectivity index (χ0v) is 12.1. The minimum Gasteiger partial charge on any atom is -0.486 e. The largest absolute Gasteiger partial charge is 0.486 e. The first kappa shape index (κ1) is 13.7. The summed E-state index contributed by atoms with van der Waals surface area (Å²) in [6, 6.07) is 4.44. The lowest BCUT2D eigenvalue weighted by molar-refractivity contribution is 0.171. The zero-order chi connectivity index (χ0) is 14.9. The van der Waals surface area contributed by atoms with Gasteiger partial charge in [-0.3, -0.25) is 5.10 Å². The molecular weight excluding hydrogens is 296 g/mol. The predicted octanol–water partition coefficient (Wildman–Crippen LogP) is 0.939. The van der Waals surface area contributed by atoms with Gasteiger partial charge in [-0.2, -0.15) is 4.98 Å². The molecule has 0 amide bonds. The van der Waals surface area contributed by atoms with Crippen LogP contribution in [-0.2, 0) is 16.4 Å². The van der Waals surface area contributed by atoms with Gasteiger partial charge in [-0.1, -0.05) is 6.92 Å². The molecule has 0 bridgehead atoms. The van der Waals surface area contributed by atoms with Gasteiger partial charge in [0.1, 0.15) is 19.0 Å². The predicted molar refractivity (Wildman–Crippen MR) is 74.0 cm³/mol. The number of aromatic nitrogens is 3. The number of anilines is 1. The molecule has 1 aliphatic heterocycles. The lowest BCUT2D eigenvalue weighted by Crippen LogP contribution is -2.17. The molecule has 3 rings (SSSR count). The Balaban J connectivity index is 1.87. The molecule has 8 nitrogen and oxygen atoms in total. The molecule has 1 aliphatic rings. The lowest BCUT2D eigenvalue weighted by atomic mass is 10.3. The van der Waals surface area contributed by atoms with Crippen molar-refractivity contribution in [1.82, 2.24) is 15.2 Å². The smallest absolute Gasteiger partial charge is 0.264 e. The van der Waals surface area contributed by atoms with E-state index in [1.165, 1.54) is 12.1 Å². The van der Waals surface area contributed by atoms with E-state index in [1.54, 1.807) is 6.07 Å². The van der Waals surface area contributed by atoms with E-state index >= 15 is 0 Å². The summed E-state index contributed by atoms with van der Waals surface area (Å²) in [5.41, 5.74) is 0. The number of hydrogen-bond acceptors (Lipinski definition) is 6. The third kappa shape index (κ3) is 2.77. The van der Waals surface area contributed by atoms with E-state index in [0.29, 0.717) is 37.0 Å². The highest BCUT2D eigenvalue weighted by atomic mass is 32.2. The van der Waals surface area contributed by atoms with E-state index in [4.69, 9.17) is 9.47 Å². The number of hydrogen-bond donors (Lipinski definition) is 2. The number of aromatic amines is 1. The quantitative estimate of drug-likeness (QED) is 0.870. The molecule has 0 fully saturated rings. The van der Waals surface area contributed by atoms with E-state index in [2.05, 4.69) is 19.9 Å². The monoisotopic (exact) mass is 310 g/mol. The number of nitrogens with one attached hydrogen (secondary N) is 2. The third-order valence-corrected chi connectivity index (χ3v) is 4.24. The third-order valence-electron chi connectivity index (χ3n) is 2.92.